The van der Waals surface area contributed by atoms with E-state index < -0.39 is 0 Å². The van der Waals surface area contributed by atoms with Gasteiger partial charge in [0.25, 0.3) is 5.91 Å². The highest BCUT2D eigenvalue weighted by atomic mass is 16.5. The second-order valence-electron chi connectivity index (χ2n) is 8.94. The Kier molecular flexibility index (Phi) is 4.40. The Hall–Kier alpha value is -2.79. The van der Waals surface area contributed by atoms with Crippen LogP contribution in [0, 0.1) is 6.92 Å². The zero-order valence-corrected chi connectivity index (χ0v) is 18.0. The predicted molar refractivity (Wildman–Crippen MR) is 115 cm³/mol. The van der Waals surface area contributed by atoms with E-state index in [1.165, 1.54) is 11.1 Å². The predicted octanol–water partition coefficient (Wildman–Crippen LogP) is 5.19. The summed E-state index contributed by atoms with van der Waals surface area (Å²) < 4.78 is 18.2. The largest absolute Gasteiger partial charge is 0.487 e. The lowest BCUT2D eigenvalue weighted by Gasteiger charge is -2.37. The molecular weight excluding hydrogens is 378 g/mol. The van der Waals surface area contributed by atoms with Crippen molar-refractivity contribution in [2.75, 3.05) is 13.7 Å². The van der Waals surface area contributed by atoms with E-state index in [1.807, 2.05) is 30.0 Å². The molecule has 0 bridgehead atoms. The quantitative estimate of drug-likeness (QED) is 0.589. The fraction of sp³-hybridized carbons (Fsp3) is 0.400. The normalized spacial score (nSPS) is 19.9. The van der Waals surface area contributed by atoms with Crippen LogP contribution in [0.5, 0.6) is 5.75 Å². The van der Waals surface area contributed by atoms with E-state index in [0.29, 0.717) is 24.4 Å². The van der Waals surface area contributed by atoms with Gasteiger partial charge in [0.15, 0.2) is 5.76 Å². The van der Waals surface area contributed by atoms with Gasteiger partial charge in [0, 0.05) is 43.1 Å². The summed E-state index contributed by atoms with van der Waals surface area (Å²) in [5.74, 6) is 1.16. The highest BCUT2D eigenvalue weighted by molar-refractivity contribution is 6.00. The molecule has 1 amide bonds. The van der Waals surface area contributed by atoms with Crippen molar-refractivity contribution in [1.29, 1.82) is 0 Å². The van der Waals surface area contributed by atoms with Crippen molar-refractivity contribution >= 4 is 16.9 Å². The second-order valence-corrected chi connectivity index (χ2v) is 8.94. The number of carbonyl (C=O) groups is 1. The third-order valence-corrected chi connectivity index (χ3v) is 6.38. The zero-order chi connectivity index (χ0) is 21.0. The van der Waals surface area contributed by atoms with Crippen molar-refractivity contribution in [2.24, 2.45) is 0 Å². The van der Waals surface area contributed by atoms with Gasteiger partial charge in [-0.05, 0) is 50.5 Å². The van der Waals surface area contributed by atoms with Gasteiger partial charge in [0.2, 0.25) is 0 Å². The van der Waals surface area contributed by atoms with E-state index in [1.54, 1.807) is 7.11 Å². The van der Waals surface area contributed by atoms with Crippen LogP contribution >= 0.6 is 0 Å². The van der Waals surface area contributed by atoms with Crippen LogP contribution in [-0.2, 0) is 17.7 Å². The molecule has 3 heterocycles. The molecule has 1 aromatic heterocycles. The summed E-state index contributed by atoms with van der Waals surface area (Å²) >= 11 is 0. The third-order valence-electron chi connectivity index (χ3n) is 6.38. The van der Waals surface area contributed by atoms with E-state index in [0.717, 1.165) is 35.1 Å². The maximum absolute atomic E-state index is 13.4. The molecule has 2 aliphatic rings. The number of hydrogen-bond acceptors (Lipinski definition) is 4. The molecule has 0 fully saturated rings. The number of methoxy groups -OCH3 is 1. The first-order chi connectivity index (χ1) is 14.4. The van der Waals surface area contributed by atoms with Crippen LogP contribution < -0.4 is 4.74 Å². The lowest BCUT2D eigenvalue weighted by Crippen LogP contribution is -2.36. The minimum atomic E-state index is -0.307. The number of carbonyl (C=O) groups excluding carboxylic acids is 1. The number of aryl methyl sites for hydroxylation is 1. The Morgan fingerprint density at radius 2 is 1.93 bits per heavy atom. The minimum Gasteiger partial charge on any atom is -0.487 e. The molecule has 5 nitrogen and oxygen atoms in total. The Labute approximate surface area is 176 Å². The fourth-order valence-corrected chi connectivity index (χ4v) is 4.87. The number of amides is 1. The number of hydrogen-bond donors (Lipinski definition) is 0. The highest BCUT2D eigenvalue weighted by Gasteiger charge is 2.37. The molecule has 0 radical (unpaired) electrons. The molecule has 0 aliphatic carbocycles. The number of ether oxygens (including phenoxy) is 2. The van der Waals surface area contributed by atoms with Crippen LogP contribution in [0.2, 0.25) is 0 Å². The Balaban J connectivity index is 1.56. The van der Waals surface area contributed by atoms with Crippen molar-refractivity contribution in [3.63, 3.8) is 0 Å². The zero-order valence-electron chi connectivity index (χ0n) is 18.0. The van der Waals surface area contributed by atoms with Crippen LogP contribution in [0.4, 0.5) is 0 Å². The molecule has 3 aromatic rings. The molecule has 2 aromatic carbocycles. The van der Waals surface area contributed by atoms with E-state index >= 15 is 0 Å². The van der Waals surface area contributed by atoms with E-state index in [9.17, 15) is 4.79 Å². The lowest BCUT2D eigenvalue weighted by molar-refractivity contribution is -0.00978. The van der Waals surface area contributed by atoms with Crippen molar-refractivity contribution in [3.05, 3.63) is 64.4 Å². The fourth-order valence-electron chi connectivity index (χ4n) is 4.87. The molecule has 2 aliphatic heterocycles. The summed E-state index contributed by atoms with van der Waals surface area (Å²) in [4.78, 5) is 15.3. The van der Waals surface area contributed by atoms with Gasteiger partial charge in [0.1, 0.15) is 16.9 Å². The summed E-state index contributed by atoms with van der Waals surface area (Å²) in [5, 5.41) is 0.940. The molecular formula is C25H27NO4. The molecule has 0 saturated carbocycles. The molecule has 0 unspecified atom stereocenters. The average Bonchev–Trinajstić information content (AvgIpc) is 3.08. The van der Waals surface area contributed by atoms with Crippen molar-refractivity contribution in [2.45, 2.75) is 51.9 Å². The summed E-state index contributed by atoms with van der Waals surface area (Å²) in [6.07, 6.45) is 1.51. The SMILES string of the molecule is CO[C@H]1CC(C)(C)Oc2ccc3oc(C(=O)N4CCc5ccccc5C4)c(C)c3c21. The van der Waals surface area contributed by atoms with Crippen molar-refractivity contribution in [3.8, 4) is 5.75 Å². The van der Waals surface area contributed by atoms with Crippen LogP contribution in [0.3, 0.4) is 0 Å². The average molecular weight is 405 g/mol. The lowest BCUT2D eigenvalue weighted by atomic mass is 9.88. The maximum Gasteiger partial charge on any atom is 0.290 e. The summed E-state index contributed by atoms with van der Waals surface area (Å²) in [6.45, 7) is 7.41. The third kappa shape index (κ3) is 3.00. The van der Waals surface area contributed by atoms with E-state index in [4.69, 9.17) is 13.9 Å². The monoisotopic (exact) mass is 405 g/mol. The van der Waals surface area contributed by atoms with Crippen molar-refractivity contribution < 1.29 is 18.7 Å². The molecule has 0 saturated heterocycles. The number of nitrogens with zero attached hydrogens (tertiary/aromatic N) is 1. The van der Waals surface area contributed by atoms with Gasteiger partial charge in [-0.2, -0.15) is 0 Å². The van der Waals surface area contributed by atoms with E-state index in [-0.39, 0.29) is 17.6 Å². The van der Waals surface area contributed by atoms with Crippen molar-refractivity contribution in [1.82, 2.24) is 4.90 Å². The molecule has 5 rings (SSSR count). The van der Waals surface area contributed by atoms with Crippen LogP contribution in [0.15, 0.2) is 40.8 Å². The van der Waals surface area contributed by atoms with Crippen LogP contribution in [-0.4, -0.2) is 30.1 Å². The standard InChI is InChI=1S/C25H27NO4/c1-15-21-18(9-10-19-22(21)20(28-4)13-25(2,3)30-19)29-23(15)24(27)26-12-11-16-7-5-6-8-17(16)14-26/h5-10,20H,11-14H2,1-4H3/t20-/m0/s1. The first-order valence-corrected chi connectivity index (χ1v) is 10.5. The smallest absolute Gasteiger partial charge is 0.290 e. The number of furan rings is 1. The van der Waals surface area contributed by atoms with Gasteiger partial charge in [0.05, 0.1) is 6.10 Å². The summed E-state index contributed by atoms with van der Waals surface area (Å²) in [5.41, 5.74) is 4.77. The molecule has 0 N–H and O–H groups in total. The number of rotatable bonds is 2. The van der Waals surface area contributed by atoms with Gasteiger partial charge < -0.3 is 18.8 Å². The Morgan fingerprint density at radius 3 is 2.70 bits per heavy atom. The Morgan fingerprint density at radius 1 is 1.17 bits per heavy atom. The molecule has 0 spiro atoms. The van der Waals surface area contributed by atoms with Gasteiger partial charge in [-0.15, -0.1) is 0 Å². The second kappa shape index (κ2) is 6.88. The van der Waals surface area contributed by atoms with Crippen LogP contribution in [0.25, 0.3) is 11.0 Å². The van der Waals surface area contributed by atoms with E-state index in [2.05, 4.69) is 32.0 Å². The summed E-state index contributed by atoms with van der Waals surface area (Å²) in [7, 11) is 1.72. The molecule has 5 heteroatoms. The van der Waals surface area contributed by atoms with Gasteiger partial charge in [-0.1, -0.05) is 24.3 Å². The van der Waals surface area contributed by atoms with Crippen LogP contribution in [0.1, 0.15) is 59.2 Å². The first kappa shape index (κ1) is 19.2. The molecule has 1 atom stereocenters. The molecule has 156 valence electrons. The molecule has 30 heavy (non-hydrogen) atoms. The Bertz CT molecular complexity index is 1140. The van der Waals surface area contributed by atoms with Gasteiger partial charge in [-0.3, -0.25) is 4.79 Å². The number of fused-ring (bicyclic) bond motifs is 4. The first-order valence-electron chi connectivity index (χ1n) is 10.5. The highest BCUT2D eigenvalue weighted by Crippen LogP contribution is 2.46. The maximum atomic E-state index is 13.4. The topological polar surface area (TPSA) is 51.9 Å². The summed E-state index contributed by atoms with van der Waals surface area (Å²) in [6, 6.07) is 12.1. The van der Waals surface area contributed by atoms with Gasteiger partial charge in [-0.25, -0.2) is 0 Å². The minimum absolute atomic E-state index is 0.0574. The van der Waals surface area contributed by atoms with Gasteiger partial charge >= 0.3 is 0 Å². The number of benzene rings is 2.